The van der Waals surface area contributed by atoms with Gasteiger partial charge in [0.15, 0.2) is 5.82 Å². The zero-order valence-electron chi connectivity index (χ0n) is 13.6. The van der Waals surface area contributed by atoms with E-state index >= 15 is 0 Å². The molecule has 118 valence electrons. The molecular weight excluding hydrogens is 276 g/mol. The molecule has 22 heavy (non-hydrogen) atoms. The lowest BCUT2D eigenvalue weighted by Crippen LogP contribution is -2.38. The van der Waals surface area contributed by atoms with Gasteiger partial charge in [0.2, 0.25) is 0 Å². The highest BCUT2D eigenvalue weighted by Gasteiger charge is 2.31. The standard InChI is InChI=1S/C16H24N6/c1-16(2,3)22-15(18-19-20-22)14(13-8-7-9-17-12-13)21-10-5-4-6-11-21/h7-9,12,14H,4-6,10-11H2,1-3H3/t14-/m1/s1. The van der Waals surface area contributed by atoms with Gasteiger partial charge in [-0.2, -0.15) is 0 Å². The Hall–Kier alpha value is -1.82. The van der Waals surface area contributed by atoms with Crippen molar-refractivity contribution < 1.29 is 0 Å². The van der Waals surface area contributed by atoms with Crippen molar-refractivity contribution in [2.24, 2.45) is 0 Å². The summed E-state index contributed by atoms with van der Waals surface area (Å²) in [4.78, 5) is 6.78. The summed E-state index contributed by atoms with van der Waals surface area (Å²) in [6.45, 7) is 8.54. The summed E-state index contributed by atoms with van der Waals surface area (Å²) in [6.07, 6.45) is 7.51. The van der Waals surface area contributed by atoms with Gasteiger partial charge in [-0.05, 0) is 68.8 Å². The minimum absolute atomic E-state index is 0.0724. The largest absolute Gasteiger partial charge is 0.290 e. The summed E-state index contributed by atoms with van der Waals surface area (Å²) < 4.78 is 1.94. The SMILES string of the molecule is CC(C)(C)n1nnnc1[C@@H](c1cccnc1)N1CCCCC1. The summed E-state index contributed by atoms with van der Waals surface area (Å²) in [5.74, 6) is 0.905. The smallest absolute Gasteiger partial charge is 0.173 e. The highest BCUT2D eigenvalue weighted by Crippen LogP contribution is 2.31. The quantitative estimate of drug-likeness (QED) is 0.871. The highest BCUT2D eigenvalue weighted by atomic mass is 15.6. The number of aromatic nitrogens is 5. The Kier molecular flexibility index (Phi) is 4.20. The molecule has 3 heterocycles. The van der Waals surface area contributed by atoms with Gasteiger partial charge in [0, 0.05) is 12.4 Å². The maximum atomic E-state index is 4.37. The average molecular weight is 300 g/mol. The first-order valence-corrected chi connectivity index (χ1v) is 8.00. The second-order valence-corrected chi connectivity index (χ2v) is 6.91. The number of piperidine rings is 1. The third-order valence-electron chi connectivity index (χ3n) is 4.13. The van der Waals surface area contributed by atoms with Crippen molar-refractivity contribution >= 4 is 0 Å². The fourth-order valence-electron chi connectivity index (χ4n) is 3.08. The van der Waals surface area contributed by atoms with Crippen LogP contribution in [0.4, 0.5) is 0 Å². The van der Waals surface area contributed by atoms with E-state index < -0.39 is 0 Å². The maximum absolute atomic E-state index is 4.37. The number of hydrogen-bond donors (Lipinski definition) is 0. The molecule has 6 heteroatoms. The van der Waals surface area contributed by atoms with Gasteiger partial charge in [0.05, 0.1) is 11.6 Å². The highest BCUT2D eigenvalue weighted by molar-refractivity contribution is 5.22. The molecule has 1 atom stereocenters. The van der Waals surface area contributed by atoms with Crippen LogP contribution >= 0.6 is 0 Å². The van der Waals surface area contributed by atoms with Crippen molar-refractivity contribution in [2.45, 2.75) is 51.6 Å². The molecule has 3 rings (SSSR count). The molecule has 6 nitrogen and oxygen atoms in total. The predicted octanol–water partition coefficient (Wildman–Crippen LogP) is 2.40. The normalized spacial score (nSPS) is 18.3. The number of rotatable bonds is 3. The Morgan fingerprint density at radius 3 is 2.55 bits per heavy atom. The van der Waals surface area contributed by atoms with Crippen LogP contribution < -0.4 is 0 Å². The van der Waals surface area contributed by atoms with Gasteiger partial charge in [-0.25, -0.2) is 4.68 Å². The maximum Gasteiger partial charge on any atom is 0.173 e. The van der Waals surface area contributed by atoms with E-state index in [0.717, 1.165) is 24.5 Å². The first kappa shape index (κ1) is 15.1. The molecule has 0 saturated carbocycles. The van der Waals surface area contributed by atoms with Crippen LogP contribution in [0.3, 0.4) is 0 Å². The summed E-state index contributed by atoms with van der Waals surface area (Å²) in [6, 6.07) is 4.18. The van der Waals surface area contributed by atoms with E-state index in [1.165, 1.54) is 19.3 Å². The molecule has 2 aromatic rings. The fraction of sp³-hybridized carbons (Fsp3) is 0.625. The number of nitrogens with zero attached hydrogens (tertiary/aromatic N) is 6. The Morgan fingerprint density at radius 2 is 1.91 bits per heavy atom. The van der Waals surface area contributed by atoms with E-state index in [9.17, 15) is 0 Å². The molecule has 0 radical (unpaired) electrons. The van der Waals surface area contributed by atoms with Crippen molar-refractivity contribution in [1.29, 1.82) is 0 Å². The number of pyridine rings is 1. The molecule has 0 unspecified atom stereocenters. The summed E-state index contributed by atoms with van der Waals surface area (Å²) in [5.41, 5.74) is 1.01. The van der Waals surface area contributed by atoms with Crippen LogP contribution in [0.2, 0.25) is 0 Å². The van der Waals surface area contributed by atoms with Crippen LogP contribution in [-0.4, -0.2) is 43.2 Å². The Labute approximate surface area is 131 Å². The molecule has 0 amide bonds. The van der Waals surface area contributed by atoms with Crippen LogP contribution in [0.15, 0.2) is 24.5 Å². The Morgan fingerprint density at radius 1 is 1.14 bits per heavy atom. The number of hydrogen-bond acceptors (Lipinski definition) is 5. The van der Waals surface area contributed by atoms with E-state index in [1.807, 2.05) is 23.1 Å². The first-order valence-electron chi connectivity index (χ1n) is 8.00. The molecule has 0 aliphatic carbocycles. The minimum Gasteiger partial charge on any atom is -0.290 e. The zero-order valence-corrected chi connectivity index (χ0v) is 13.6. The van der Waals surface area contributed by atoms with Gasteiger partial charge in [-0.1, -0.05) is 12.5 Å². The van der Waals surface area contributed by atoms with Crippen LogP contribution in [0.25, 0.3) is 0 Å². The number of likely N-dealkylation sites (tertiary alicyclic amines) is 1. The third kappa shape index (κ3) is 3.02. The van der Waals surface area contributed by atoms with Gasteiger partial charge in [-0.15, -0.1) is 5.10 Å². The lowest BCUT2D eigenvalue weighted by Gasteiger charge is -2.35. The topological polar surface area (TPSA) is 59.7 Å². The van der Waals surface area contributed by atoms with E-state index in [2.05, 4.69) is 52.2 Å². The molecule has 1 aliphatic heterocycles. The van der Waals surface area contributed by atoms with Crippen molar-refractivity contribution in [1.82, 2.24) is 30.1 Å². The van der Waals surface area contributed by atoms with Gasteiger partial charge < -0.3 is 0 Å². The second kappa shape index (κ2) is 6.12. The Balaban J connectivity index is 2.04. The van der Waals surface area contributed by atoms with Crippen LogP contribution in [0, 0.1) is 0 Å². The molecule has 0 spiro atoms. The van der Waals surface area contributed by atoms with E-state index in [1.54, 1.807) is 0 Å². The number of tetrazole rings is 1. The van der Waals surface area contributed by atoms with Gasteiger partial charge >= 0.3 is 0 Å². The molecule has 2 aromatic heterocycles. The van der Waals surface area contributed by atoms with Crippen LogP contribution in [-0.2, 0) is 5.54 Å². The van der Waals surface area contributed by atoms with Gasteiger partial charge in [0.25, 0.3) is 0 Å². The van der Waals surface area contributed by atoms with Crippen molar-refractivity contribution in [3.8, 4) is 0 Å². The third-order valence-corrected chi connectivity index (χ3v) is 4.13. The molecule has 1 saturated heterocycles. The second-order valence-electron chi connectivity index (χ2n) is 6.91. The zero-order chi connectivity index (χ0) is 15.6. The molecular formula is C16H24N6. The summed E-state index contributed by atoms with van der Waals surface area (Å²) in [5, 5.41) is 12.5. The lowest BCUT2D eigenvalue weighted by molar-refractivity contribution is 0.170. The Bertz CT molecular complexity index is 595. The van der Waals surface area contributed by atoms with Crippen LogP contribution in [0.1, 0.15) is 57.5 Å². The molecule has 0 N–H and O–H groups in total. The monoisotopic (exact) mass is 300 g/mol. The molecule has 1 fully saturated rings. The van der Waals surface area contributed by atoms with E-state index in [0.29, 0.717) is 0 Å². The van der Waals surface area contributed by atoms with Gasteiger partial charge in [0.1, 0.15) is 0 Å². The van der Waals surface area contributed by atoms with E-state index in [-0.39, 0.29) is 11.6 Å². The van der Waals surface area contributed by atoms with Crippen LogP contribution in [0.5, 0.6) is 0 Å². The van der Waals surface area contributed by atoms with Crippen molar-refractivity contribution in [2.75, 3.05) is 13.1 Å². The first-order chi connectivity index (χ1) is 10.6. The average Bonchev–Trinajstić information content (AvgIpc) is 2.99. The van der Waals surface area contributed by atoms with Crippen molar-refractivity contribution in [3.05, 3.63) is 35.9 Å². The molecule has 0 bridgehead atoms. The van der Waals surface area contributed by atoms with E-state index in [4.69, 9.17) is 0 Å². The summed E-state index contributed by atoms with van der Waals surface area (Å²) >= 11 is 0. The minimum atomic E-state index is -0.144. The lowest BCUT2D eigenvalue weighted by atomic mass is 10.0. The fourth-order valence-corrected chi connectivity index (χ4v) is 3.08. The molecule has 1 aliphatic rings. The summed E-state index contributed by atoms with van der Waals surface area (Å²) in [7, 11) is 0. The predicted molar refractivity (Wildman–Crippen MR) is 84.3 cm³/mol. The van der Waals surface area contributed by atoms with Crippen molar-refractivity contribution in [3.63, 3.8) is 0 Å². The molecule has 0 aromatic carbocycles. The van der Waals surface area contributed by atoms with Gasteiger partial charge in [-0.3, -0.25) is 9.88 Å².